The Morgan fingerprint density at radius 1 is 1.09 bits per heavy atom. The largest absolute Gasteiger partial charge is 0.495 e. The predicted molar refractivity (Wildman–Crippen MR) is 167 cm³/mol. The predicted octanol–water partition coefficient (Wildman–Crippen LogP) is 6.96. The van der Waals surface area contributed by atoms with Crippen molar-refractivity contribution >= 4 is 23.2 Å². The molecule has 0 saturated heterocycles. The van der Waals surface area contributed by atoms with Crippen LogP contribution in [0.3, 0.4) is 0 Å². The average Bonchev–Trinajstić information content (AvgIpc) is 3.01. The number of amides is 1. The van der Waals surface area contributed by atoms with Crippen LogP contribution in [0.5, 0.6) is 11.5 Å². The molecule has 3 rings (SSSR count). The standard InChI is InChI=1S/C26H24ClF3N4O3.C6H15N/c1-15-6-4-7-21(36-3)24(15)34(2)25(35)18-11-17(20(27)12-22(18)37-9-5-8-31)19-14-33-23(26(28,29)30)10-16(19)13-32;1-4-7(5-2)6-3/h4,6-7,10-12,14H,5,8-9,31H2,1-3H3;4-6H2,1-3H3. The molecule has 0 atom stereocenters. The van der Waals surface area contributed by atoms with Crippen molar-refractivity contribution in [3.05, 3.63) is 70.0 Å². The van der Waals surface area contributed by atoms with Gasteiger partial charge in [-0.25, -0.2) is 0 Å². The van der Waals surface area contributed by atoms with Gasteiger partial charge in [0.05, 0.1) is 41.6 Å². The number of nitrogens with zero attached hydrogens (tertiary/aromatic N) is 4. The number of nitriles is 1. The maximum atomic E-state index is 13.7. The molecule has 8 nitrogen and oxygen atoms in total. The van der Waals surface area contributed by atoms with Crippen molar-refractivity contribution in [1.82, 2.24) is 9.88 Å². The van der Waals surface area contributed by atoms with E-state index < -0.39 is 17.8 Å². The molecule has 0 fully saturated rings. The van der Waals surface area contributed by atoms with Crippen molar-refractivity contribution in [2.45, 2.75) is 40.3 Å². The Hall–Kier alpha value is -3.85. The molecule has 0 radical (unpaired) electrons. The number of aryl methyl sites for hydroxylation is 1. The van der Waals surface area contributed by atoms with Gasteiger partial charge in [0.2, 0.25) is 0 Å². The normalized spacial score (nSPS) is 11.0. The molecule has 0 unspecified atom stereocenters. The number of hydrogen-bond acceptors (Lipinski definition) is 7. The van der Waals surface area contributed by atoms with Gasteiger partial charge in [0.25, 0.3) is 5.91 Å². The zero-order valence-electron chi connectivity index (χ0n) is 25.9. The molecule has 0 aliphatic rings. The van der Waals surface area contributed by atoms with Gasteiger partial charge >= 0.3 is 6.18 Å². The smallest absolute Gasteiger partial charge is 0.433 e. The van der Waals surface area contributed by atoms with Crippen LogP contribution >= 0.6 is 11.6 Å². The number of anilines is 1. The van der Waals surface area contributed by atoms with E-state index in [2.05, 4.69) is 30.7 Å². The van der Waals surface area contributed by atoms with E-state index in [4.69, 9.17) is 26.8 Å². The summed E-state index contributed by atoms with van der Waals surface area (Å²) >= 11 is 6.47. The lowest BCUT2D eigenvalue weighted by Gasteiger charge is -2.24. The van der Waals surface area contributed by atoms with E-state index in [1.165, 1.54) is 43.8 Å². The van der Waals surface area contributed by atoms with Crippen LogP contribution in [0.15, 0.2) is 42.6 Å². The van der Waals surface area contributed by atoms with Crippen LogP contribution in [0.4, 0.5) is 18.9 Å². The third-order valence-corrected chi connectivity index (χ3v) is 7.23. The highest BCUT2D eigenvalue weighted by Gasteiger charge is 2.33. The molecule has 1 aromatic heterocycles. The molecule has 238 valence electrons. The van der Waals surface area contributed by atoms with Crippen molar-refractivity contribution < 1.29 is 27.4 Å². The minimum absolute atomic E-state index is 0.0409. The Kier molecular flexibility index (Phi) is 13.9. The first-order valence-electron chi connectivity index (χ1n) is 14.2. The Bertz CT molecular complexity index is 1450. The number of ether oxygens (including phenoxy) is 2. The van der Waals surface area contributed by atoms with Gasteiger partial charge in [0.1, 0.15) is 17.2 Å². The first-order valence-corrected chi connectivity index (χ1v) is 14.5. The number of halogens is 4. The molecule has 44 heavy (non-hydrogen) atoms. The van der Waals surface area contributed by atoms with E-state index in [0.29, 0.717) is 30.5 Å². The summed E-state index contributed by atoms with van der Waals surface area (Å²) in [5.74, 6) is 0.131. The number of hydrogen-bond donors (Lipinski definition) is 1. The van der Waals surface area contributed by atoms with Crippen LogP contribution in [0, 0.1) is 18.3 Å². The molecule has 0 spiro atoms. The summed E-state index contributed by atoms with van der Waals surface area (Å²) in [5.41, 5.74) is 5.61. The molecule has 0 saturated carbocycles. The summed E-state index contributed by atoms with van der Waals surface area (Å²) < 4.78 is 50.7. The maximum absolute atomic E-state index is 13.7. The van der Waals surface area contributed by atoms with Gasteiger partial charge in [-0.3, -0.25) is 9.78 Å². The zero-order valence-corrected chi connectivity index (χ0v) is 26.6. The Labute approximate surface area is 262 Å². The highest BCUT2D eigenvalue weighted by molar-refractivity contribution is 6.34. The molecule has 2 aromatic carbocycles. The fraction of sp³-hybridized carbons (Fsp3) is 0.406. The Balaban J connectivity index is 0.000000860. The monoisotopic (exact) mass is 633 g/mol. The summed E-state index contributed by atoms with van der Waals surface area (Å²) in [4.78, 5) is 21.0. The first kappa shape index (κ1) is 36.3. The van der Waals surface area contributed by atoms with E-state index in [9.17, 15) is 23.2 Å². The van der Waals surface area contributed by atoms with Crippen LogP contribution in [0.1, 0.15) is 54.4 Å². The summed E-state index contributed by atoms with van der Waals surface area (Å²) in [6.07, 6.45) is -3.30. The number of nitrogens with two attached hydrogens (primary N) is 1. The summed E-state index contributed by atoms with van der Waals surface area (Å²) in [5, 5.41) is 9.61. The molecule has 3 aromatic rings. The van der Waals surface area contributed by atoms with Gasteiger partial charge in [0, 0.05) is 30.4 Å². The minimum Gasteiger partial charge on any atom is -0.495 e. The van der Waals surface area contributed by atoms with Gasteiger partial charge in [-0.15, -0.1) is 0 Å². The number of pyridine rings is 1. The number of para-hydroxylation sites is 1. The van der Waals surface area contributed by atoms with Crippen LogP contribution in [0.2, 0.25) is 5.02 Å². The highest BCUT2D eigenvalue weighted by Crippen LogP contribution is 2.39. The molecule has 1 amide bonds. The number of alkyl halides is 3. The average molecular weight is 634 g/mol. The molecule has 2 N–H and O–H groups in total. The summed E-state index contributed by atoms with van der Waals surface area (Å²) in [7, 11) is 3.05. The lowest BCUT2D eigenvalue weighted by atomic mass is 9.98. The Morgan fingerprint density at radius 2 is 1.75 bits per heavy atom. The van der Waals surface area contributed by atoms with E-state index in [1.54, 1.807) is 25.2 Å². The SMILES string of the molecule is CCN(CC)CC.COc1cccc(C)c1N(C)C(=O)c1cc(-c2cnc(C(F)(F)F)cc2C#N)c(Cl)cc1OCCCN. The second-order valence-corrected chi connectivity index (χ2v) is 10.1. The van der Waals surface area contributed by atoms with Crippen molar-refractivity contribution in [2.75, 3.05) is 51.8 Å². The summed E-state index contributed by atoms with van der Waals surface area (Å²) in [6, 6.07) is 10.5. The third-order valence-electron chi connectivity index (χ3n) is 6.91. The molecule has 12 heteroatoms. The lowest BCUT2D eigenvalue weighted by molar-refractivity contribution is -0.141. The van der Waals surface area contributed by atoms with Crippen molar-refractivity contribution in [1.29, 1.82) is 5.26 Å². The second-order valence-electron chi connectivity index (χ2n) is 9.65. The van der Waals surface area contributed by atoms with Gasteiger partial charge in [-0.1, -0.05) is 44.5 Å². The minimum atomic E-state index is -4.73. The second kappa shape index (κ2) is 16.9. The molecule has 0 aliphatic carbocycles. The fourth-order valence-electron chi connectivity index (χ4n) is 4.41. The number of benzene rings is 2. The molecular weight excluding hydrogens is 595 g/mol. The summed E-state index contributed by atoms with van der Waals surface area (Å²) in [6.45, 7) is 12.5. The third kappa shape index (κ3) is 9.08. The molecular formula is C32H39ClF3N5O3. The van der Waals surface area contributed by atoms with Crippen LogP contribution in [-0.2, 0) is 6.18 Å². The van der Waals surface area contributed by atoms with Gasteiger partial charge in [-0.05, 0) is 63.3 Å². The van der Waals surface area contributed by atoms with E-state index in [1.807, 2.05) is 13.0 Å². The van der Waals surface area contributed by atoms with Gasteiger partial charge < -0.3 is 25.0 Å². The number of carbonyl (C=O) groups is 1. The zero-order chi connectivity index (χ0) is 33.0. The number of rotatable bonds is 11. The Morgan fingerprint density at radius 3 is 2.27 bits per heavy atom. The fourth-order valence-corrected chi connectivity index (χ4v) is 4.67. The number of methoxy groups -OCH3 is 1. The number of carbonyl (C=O) groups excluding carboxylic acids is 1. The van der Waals surface area contributed by atoms with Gasteiger partial charge in [0.15, 0.2) is 0 Å². The lowest BCUT2D eigenvalue weighted by Crippen LogP contribution is -2.28. The van der Waals surface area contributed by atoms with Crippen molar-refractivity contribution in [3.8, 4) is 28.7 Å². The van der Waals surface area contributed by atoms with Crippen LogP contribution in [0.25, 0.3) is 11.1 Å². The molecule has 1 heterocycles. The van der Waals surface area contributed by atoms with Gasteiger partial charge in [-0.2, -0.15) is 18.4 Å². The van der Waals surface area contributed by atoms with E-state index in [-0.39, 0.29) is 39.6 Å². The van der Waals surface area contributed by atoms with Crippen molar-refractivity contribution in [2.24, 2.45) is 5.73 Å². The number of aromatic nitrogens is 1. The highest BCUT2D eigenvalue weighted by atomic mass is 35.5. The first-order chi connectivity index (χ1) is 20.9. The van der Waals surface area contributed by atoms with Crippen LogP contribution < -0.4 is 20.1 Å². The molecule has 0 bridgehead atoms. The van der Waals surface area contributed by atoms with E-state index >= 15 is 0 Å². The quantitative estimate of drug-likeness (QED) is 0.228. The van der Waals surface area contributed by atoms with E-state index in [0.717, 1.165) is 11.8 Å². The molecule has 0 aliphatic heterocycles. The maximum Gasteiger partial charge on any atom is 0.433 e. The topological polar surface area (TPSA) is 105 Å². The van der Waals surface area contributed by atoms with Crippen molar-refractivity contribution in [3.63, 3.8) is 0 Å². The van der Waals surface area contributed by atoms with Crippen LogP contribution in [-0.4, -0.2) is 62.7 Å².